The van der Waals surface area contributed by atoms with E-state index in [0.29, 0.717) is 12.5 Å². The first-order chi connectivity index (χ1) is 14.0. The van der Waals surface area contributed by atoms with Crippen molar-refractivity contribution >= 4 is 22.8 Å². The highest BCUT2D eigenvalue weighted by Crippen LogP contribution is 2.26. The summed E-state index contributed by atoms with van der Waals surface area (Å²) >= 11 is 0. The fourth-order valence-electron chi connectivity index (χ4n) is 4.42. The molecule has 1 aromatic carbocycles. The molecule has 0 spiro atoms. The van der Waals surface area contributed by atoms with Crippen molar-refractivity contribution in [2.75, 3.05) is 24.5 Å². The van der Waals surface area contributed by atoms with E-state index < -0.39 is 0 Å². The highest BCUT2D eigenvalue weighted by atomic mass is 16.1. The average molecular weight is 396 g/mol. The smallest absolute Gasteiger partial charge is 0.245 e. The van der Waals surface area contributed by atoms with Gasteiger partial charge in [-0.3, -0.25) is 4.79 Å². The van der Waals surface area contributed by atoms with E-state index >= 15 is 0 Å². The molecule has 1 aliphatic rings. The van der Waals surface area contributed by atoms with Gasteiger partial charge < -0.3 is 14.8 Å². The van der Waals surface area contributed by atoms with Crippen LogP contribution in [0.15, 0.2) is 24.4 Å². The maximum Gasteiger partial charge on any atom is 0.245 e. The maximum atomic E-state index is 11.2. The molecule has 1 saturated heterocycles. The summed E-state index contributed by atoms with van der Waals surface area (Å²) in [6, 6.07) is 6.43. The first-order valence-electron chi connectivity index (χ1n) is 10.3. The number of fused-ring (bicyclic) bond motifs is 1. The van der Waals surface area contributed by atoms with Crippen LogP contribution in [0.5, 0.6) is 0 Å². The summed E-state index contributed by atoms with van der Waals surface area (Å²) in [5, 5.41) is 16.8. The lowest BCUT2D eigenvalue weighted by molar-refractivity contribution is -0.119. The number of amides is 1. The molecule has 29 heavy (non-hydrogen) atoms. The fraction of sp³-hybridized carbons (Fsp3) is 0.524. The van der Waals surface area contributed by atoms with E-state index in [2.05, 4.69) is 68.7 Å². The van der Waals surface area contributed by atoms with Gasteiger partial charge in [-0.05, 0) is 59.7 Å². The molecule has 0 bridgehead atoms. The summed E-state index contributed by atoms with van der Waals surface area (Å²) in [7, 11) is 2.09. The number of carbonyl (C=O) groups excluding carboxylic acids is 1. The molecule has 1 fully saturated rings. The van der Waals surface area contributed by atoms with Gasteiger partial charge in [-0.1, -0.05) is 17.2 Å². The summed E-state index contributed by atoms with van der Waals surface area (Å²) in [5.41, 5.74) is 3.88. The lowest BCUT2D eigenvalue weighted by Gasteiger charge is -2.32. The van der Waals surface area contributed by atoms with Crippen LogP contribution in [-0.2, 0) is 24.8 Å². The highest BCUT2D eigenvalue weighted by molar-refractivity contribution is 5.87. The zero-order valence-electron chi connectivity index (χ0n) is 17.4. The van der Waals surface area contributed by atoms with E-state index in [-0.39, 0.29) is 5.91 Å². The van der Waals surface area contributed by atoms with Crippen LogP contribution in [0.25, 0.3) is 10.9 Å². The Bertz CT molecular complexity index is 1010. The summed E-state index contributed by atoms with van der Waals surface area (Å²) in [6.45, 7) is 7.00. The summed E-state index contributed by atoms with van der Waals surface area (Å²) in [6.07, 6.45) is 5.29. The maximum absolute atomic E-state index is 11.2. The van der Waals surface area contributed by atoms with Gasteiger partial charge in [0, 0.05) is 50.7 Å². The lowest BCUT2D eigenvalue weighted by atomic mass is 9.98. The monoisotopic (exact) mass is 395 g/mol. The molecule has 1 atom stereocenters. The third kappa shape index (κ3) is 4.11. The molecule has 2 aromatic heterocycles. The van der Waals surface area contributed by atoms with E-state index in [1.165, 1.54) is 22.0 Å². The molecule has 3 aromatic rings. The van der Waals surface area contributed by atoms with Gasteiger partial charge >= 0.3 is 0 Å². The molecule has 1 aliphatic heterocycles. The molecule has 0 radical (unpaired) electrons. The second-order valence-electron chi connectivity index (χ2n) is 8.08. The normalized spacial score (nSPS) is 17.1. The number of anilines is 1. The highest BCUT2D eigenvalue weighted by Gasteiger charge is 2.24. The molecule has 1 unspecified atom stereocenters. The van der Waals surface area contributed by atoms with Crippen LogP contribution in [0.4, 0.5) is 5.95 Å². The van der Waals surface area contributed by atoms with Crippen LogP contribution < -0.4 is 10.2 Å². The Kier molecular flexibility index (Phi) is 5.51. The number of piperidine rings is 1. The number of benzene rings is 1. The van der Waals surface area contributed by atoms with Gasteiger partial charge in [0.05, 0.1) is 6.54 Å². The van der Waals surface area contributed by atoms with Crippen molar-refractivity contribution in [1.29, 1.82) is 0 Å². The third-order valence-corrected chi connectivity index (χ3v) is 5.85. The number of aryl methyl sites for hydroxylation is 4. The van der Waals surface area contributed by atoms with E-state index in [0.717, 1.165) is 44.8 Å². The Morgan fingerprint density at radius 3 is 3.03 bits per heavy atom. The largest absolute Gasteiger partial charge is 0.356 e. The van der Waals surface area contributed by atoms with Crippen molar-refractivity contribution in [3.63, 3.8) is 0 Å². The molecule has 1 N–H and O–H groups in total. The van der Waals surface area contributed by atoms with Crippen molar-refractivity contribution in [3.05, 3.63) is 35.5 Å². The van der Waals surface area contributed by atoms with Gasteiger partial charge in [0.2, 0.25) is 11.9 Å². The van der Waals surface area contributed by atoms with Crippen LogP contribution in [0, 0.1) is 12.8 Å². The first-order valence-corrected chi connectivity index (χ1v) is 10.3. The van der Waals surface area contributed by atoms with Crippen LogP contribution in [0.1, 0.15) is 30.9 Å². The number of hydrogen-bond acceptors (Lipinski definition) is 5. The number of nitrogens with one attached hydrogen (secondary N) is 1. The van der Waals surface area contributed by atoms with E-state index in [9.17, 15) is 4.79 Å². The van der Waals surface area contributed by atoms with Gasteiger partial charge in [-0.15, -0.1) is 0 Å². The van der Waals surface area contributed by atoms with E-state index in [1.54, 1.807) is 6.92 Å². The van der Waals surface area contributed by atoms with Crippen LogP contribution in [0.2, 0.25) is 0 Å². The Hall–Kier alpha value is -2.90. The standard InChI is InChI=1S/C21H29N7O/c1-15-6-4-8-19-20(15)18(14-26(19)3)9-11-28-21(23-24-25-28)27-10-5-7-17(13-27)12-22-16(2)29/h4,6,8,14,17H,5,7,9-13H2,1-3H3,(H,22,29). The fourth-order valence-corrected chi connectivity index (χ4v) is 4.42. The van der Waals surface area contributed by atoms with E-state index in [1.807, 2.05) is 4.68 Å². The summed E-state index contributed by atoms with van der Waals surface area (Å²) in [5.74, 6) is 1.28. The van der Waals surface area contributed by atoms with Gasteiger partial charge in [0.1, 0.15) is 0 Å². The zero-order valence-corrected chi connectivity index (χ0v) is 17.4. The summed E-state index contributed by atoms with van der Waals surface area (Å²) in [4.78, 5) is 13.5. The summed E-state index contributed by atoms with van der Waals surface area (Å²) < 4.78 is 4.10. The number of tetrazole rings is 1. The van der Waals surface area contributed by atoms with Gasteiger partial charge in [0.15, 0.2) is 0 Å². The molecular formula is C21H29N7O. The first kappa shape index (κ1) is 19.4. The predicted octanol–water partition coefficient (Wildman–Crippen LogP) is 2.07. The Balaban J connectivity index is 1.47. The number of rotatable bonds is 6. The number of carbonyl (C=O) groups is 1. The van der Waals surface area contributed by atoms with Crippen molar-refractivity contribution in [3.8, 4) is 0 Å². The Morgan fingerprint density at radius 1 is 1.34 bits per heavy atom. The molecule has 4 rings (SSSR count). The number of hydrogen-bond donors (Lipinski definition) is 1. The molecular weight excluding hydrogens is 366 g/mol. The number of aromatic nitrogens is 5. The Labute approximate surface area is 170 Å². The van der Waals surface area contributed by atoms with Crippen molar-refractivity contribution < 1.29 is 4.79 Å². The molecule has 8 nitrogen and oxygen atoms in total. The van der Waals surface area contributed by atoms with Gasteiger partial charge in [-0.25, -0.2) is 4.68 Å². The van der Waals surface area contributed by atoms with Crippen LogP contribution in [-0.4, -0.2) is 50.3 Å². The molecule has 1 amide bonds. The van der Waals surface area contributed by atoms with Crippen LogP contribution in [0.3, 0.4) is 0 Å². The quantitative estimate of drug-likeness (QED) is 0.691. The minimum Gasteiger partial charge on any atom is -0.356 e. The van der Waals surface area contributed by atoms with Gasteiger partial charge in [0.25, 0.3) is 0 Å². The number of nitrogens with zero attached hydrogens (tertiary/aromatic N) is 6. The SMILES string of the molecule is CC(=O)NCC1CCCN(c2nnnn2CCc2cn(C)c3cccc(C)c23)C1. The topological polar surface area (TPSA) is 80.9 Å². The molecule has 0 aliphatic carbocycles. The third-order valence-electron chi connectivity index (χ3n) is 5.85. The van der Waals surface area contributed by atoms with Crippen molar-refractivity contribution in [2.45, 2.75) is 39.7 Å². The second-order valence-corrected chi connectivity index (χ2v) is 8.08. The van der Waals surface area contributed by atoms with Gasteiger partial charge in [-0.2, -0.15) is 0 Å². The van der Waals surface area contributed by atoms with Crippen LogP contribution >= 0.6 is 0 Å². The molecule has 8 heteroatoms. The Morgan fingerprint density at radius 2 is 2.21 bits per heavy atom. The second kappa shape index (κ2) is 8.23. The van der Waals surface area contributed by atoms with E-state index in [4.69, 9.17) is 0 Å². The lowest BCUT2D eigenvalue weighted by Crippen LogP contribution is -2.41. The zero-order chi connectivity index (χ0) is 20.4. The van der Waals surface area contributed by atoms with Crippen molar-refractivity contribution in [1.82, 2.24) is 30.1 Å². The average Bonchev–Trinajstić information content (AvgIpc) is 3.30. The minimum absolute atomic E-state index is 0.0253. The molecule has 154 valence electrons. The molecule has 0 saturated carbocycles. The predicted molar refractivity (Wildman–Crippen MR) is 113 cm³/mol. The molecule has 3 heterocycles. The van der Waals surface area contributed by atoms with Crippen molar-refractivity contribution in [2.24, 2.45) is 13.0 Å². The minimum atomic E-state index is 0.0253.